The number of hydrogen-bond donors (Lipinski definition) is 2. The maximum Gasteiger partial charge on any atom is 0.434 e. The molecule has 0 saturated heterocycles. The Hall–Kier alpha value is -2.50. The van der Waals surface area contributed by atoms with Crippen molar-refractivity contribution in [2.45, 2.75) is 12.8 Å². The molecule has 0 radical (unpaired) electrons. The smallest absolute Gasteiger partial charge is 0.434 e. The van der Waals surface area contributed by atoms with E-state index in [2.05, 4.69) is 5.10 Å². The van der Waals surface area contributed by atoms with Crippen molar-refractivity contribution >= 4 is 11.9 Å². The standard InChI is InChI=1S/C13H15N3O3/c1-19-11-4-2-3-9(7-11)5-6-10-8-12(14)16(15-10)13(17)18/h2-4,7-8H,5-6,14H2,1H3,(H,17,18). The van der Waals surface area contributed by atoms with Crippen molar-refractivity contribution < 1.29 is 14.6 Å². The zero-order valence-electron chi connectivity index (χ0n) is 10.5. The number of hydrogen-bond acceptors (Lipinski definition) is 4. The van der Waals surface area contributed by atoms with Gasteiger partial charge in [-0.1, -0.05) is 12.1 Å². The van der Waals surface area contributed by atoms with Gasteiger partial charge in [-0.25, -0.2) is 4.79 Å². The summed E-state index contributed by atoms with van der Waals surface area (Å²) in [6, 6.07) is 9.30. The fourth-order valence-corrected chi connectivity index (χ4v) is 1.82. The quantitative estimate of drug-likeness (QED) is 0.875. The molecule has 2 rings (SSSR count). The fourth-order valence-electron chi connectivity index (χ4n) is 1.82. The summed E-state index contributed by atoms with van der Waals surface area (Å²) in [5.74, 6) is 0.932. The Morgan fingerprint density at radius 2 is 2.21 bits per heavy atom. The molecule has 2 aromatic rings. The van der Waals surface area contributed by atoms with Crippen LogP contribution in [-0.4, -0.2) is 28.1 Å². The highest BCUT2D eigenvalue weighted by Crippen LogP contribution is 2.15. The summed E-state index contributed by atoms with van der Waals surface area (Å²) < 4.78 is 5.92. The number of nitrogen functional groups attached to an aromatic ring is 1. The van der Waals surface area contributed by atoms with E-state index in [0.29, 0.717) is 12.1 Å². The summed E-state index contributed by atoms with van der Waals surface area (Å²) in [4.78, 5) is 10.8. The van der Waals surface area contributed by atoms with Gasteiger partial charge in [0, 0.05) is 6.07 Å². The number of methoxy groups -OCH3 is 1. The Morgan fingerprint density at radius 3 is 2.84 bits per heavy atom. The molecule has 1 aromatic heterocycles. The molecule has 6 heteroatoms. The fraction of sp³-hybridized carbons (Fsp3) is 0.231. The first-order valence-corrected chi connectivity index (χ1v) is 5.81. The Labute approximate surface area is 110 Å². The van der Waals surface area contributed by atoms with Crippen LogP contribution in [0.15, 0.2) is 30.3 Å². The first kappa shape index (κ1) is 12.9. The van der Waals surface area contributed by atoms with Crippen LogP contribution in [-0.2, 0) is 12.8 Å². The third-order valence-electron chi connectivity index (χ3n) is 2.77. The number of anilines is 1. The highest BCUT2D eigenvalue weighted by Gasteiger charge is 2.10. The van der Waals surface area contributed by atoms with E-state index in [0.717, 1.165) is 22.4 Å². The van der Waals surface area contributed by atoms with E-state index in [-0.39, 0.29) is 5.82 Å². The maximum atomic E-state index is 10.8. The Morgan fingerprint density at radius 1 is 1.42 bits per heavy atom. The van der Waals surface area contributed by atoms with Crippen molar-refractivity contribution in [1.82, 2.24) is 9.78 Å². The van der Waals surface area contributed by atoms with Gasteiger partial charge in [-0.05, 0) is 30.5 Å². The van der Waals surface area contributed by atoms with Gasteiger partial charge in [-0.3, -0.25) is 0 Å². The first-order chi connectivity index (χ1) is 9.10. The first-order valence-electron chi connectivity index (χ1n) is 5.81. The number of carboxylic acid groups (broad SMARTS) is 1. The third kappa shape index (κ3) is 3.04. The number of nitrogens with two attached hydrogens (primary N) is 1. The van der Waals surface area contributed by atoms with Crippen LogP contribution in [0.25, 0.3) is 0 Å². The molecule has 0 amide bonds. The van der Waals surface area contributed by atoms with Crippen LogP contribution in [0.2, 0.25) is 0 Å². The minimum absolute atomic E-state index is 0.133. The molecule has 100 valence electrons. The van der Waals surface area contributed by atoms with Gasteiger partial charge in [-0.2, -0.15) is 5.10 Å². The lowest BCUT2D eigenvalue weighted by atomic mass is 10.1. The molecule has 1 aromatic carbocycles. The van der Waals surface area contributed by atoms with Gasteiger partial charge in [0.1, 0.15) is 11.6 Å². The number of aromatic nitrogens is 2. The van der Waals surface area contributed by atoms with Crippen LogP contribution < -0.4 is 10.5 Å². The average molecular weight is 261 g/mol. The van der Waals surface area contributed by atoms with Crippen molar-refractivity contribution in [1.29, 1.82) is 0 Å². The second kappa shape index (κ2) is 5.43. The van der Waals surface area contributed by atoms with E-state index in [1.807, 2.05) is 24.3 Å². The lowest BCUT2D eigenvalue weighted by Crippen LogP contribution is -2.12. The molecule has 0 bridgehead atoms. The second-order valence-corrected chi connectivity index (χ2v) is 4.11. The number of benzene rings is 1. The van der Waals surface area contributed by atoms with Crippen LogP contribution in [0.1, 0.15) is 11.3 Å². The van der Waals surface area contributed by atoms with Gasteiger partial charge in [0.15, 0.2) is 0 Å². The van der Waals surface area contributed by atoms with Crippen LogP contribution in [0.4, 0.5) is 10.6 Å². The summed E-state index contributed by atoms with van der Waals surface area (Å²) in [6.45, 7) is 0. The highest BCUT2D eigenvalue weighted by atomic mass is 16.5. The van der Waals surface area contributed by atoms with E-state index in [1.54, 1.807) is 13.2 Å². The molecular formula is C13H15N3O3. The molecule has 19 heavy (non-hydrogen) atoms. The van der Waals surface area contributed by atoms with Crippen LogP contribution in [0.3, 0.4) is 0 Å². The van der Waals surface area contributed by atoms with Crippen molar-refractivity contribution in [2.24, 2.45) is 0 Å². The predicted octanol–water partition coefficient (Wildman–Crippen LogP) is 1.79. The highest BCUT2D eigenvalue weighted by molar-refractivity contribution is 5.71. The van der Waals surface area contributed by atoms with Crippen LogP contribution in [0.5, 0.6) is 5.75 Å². The summed E-state index contributed by atoms with van der Waals surface area (Å²) in [5, 5.41) is 12.8. The summed E-state index contributed by atoms with van der Waals surface area (Å²) in [6.07, 6.45) is 0.190. The Bertz CT molecular complexity index is 593. The van der Waals surface area contributed by atoms with Crippen molar-refractivity contribution in [3.05, 3.63) is 41.6 Å². The molecule has 3 N–H and O–H groups in total. The molecule has 0 aliphatic heterocycles. The van der Waals surface area contributed by atoms with E-state index in [1.165, 1.54) is 0 Å². The lowest BCUT2D eigenvalue weighted by molar-refractivity contribution is 0.193. The predicted molar refractivity (Wildman–Crippen MR) is 70.5 cm³/mol. The normalized spacial score (nSPS) is 10.4. The zero-order valence-corrected chi connectivity index (χ0v) is 10.5. The zero-order chi connectivity index (χ0) is 13.8. The minimum Gasteiger partial charge on any atom is -0.497 e. The number of rotatable bonds is 4. The molecule has 0 atom stereocenters. The Balaban J connectivity index is 2.06. The molecule has 0 spiro atoms. The number of aryl methyl sites for hydroxylation is 2. The molecule has 6 nitrogen and oxygen atoms in total. The van der Waals surface area contributed by atoms with E-state index in [4.69, 9.17) is 15.6 Å². The summed E-state index contributed by atoms with van der Waals surface area (Å²) >= 11 is 0. The van der Waals surface area contributed by atoms with Gasteiger partial charge in [0.2, 0.25) is 0 Å². The van der Waals surface area contributed by atoms with E-state index in [9.17, 15) is 4.79 Å². The number of nitrogens with zero attached hydrogens (tertiary/aromatic N) is 2. The van der Waals surface area contributed by atoms with Gasteiger partial charge in [0.05, 0.1) is 12.8 Å². The van der Waals surface area contributed by atoms with E-state index < -0.39 is 6.09 Å². The molecular weight excluding hydrogens is 246 g/mol. The molecule has 0 fully saturated rings. The van der Waals surface area contributed by atoms with Gasteiger partial charge in [-0.15, -0.1) is 4.68 Å². The topological polar surface area (TPSA) is 90.4 Å². The third-order valence-corrected chi connectivity index (χ3v) is 2.77. The SMILES string of the molecule is COc1cccc(CCc2cc(N)n(C(=O)O)n2)c1. The molecule has 1 heterocycles. The number of ether oxygens (including phenoxy) is 1. The Kier molecular flexibility index (Phi) is 3.70. The van der Waals surface area contributed by atoms with Gasteiger partial charge >= 0.3 is 6.09 Å². The van der Waals surface area contributed by atoms with Crippen molar-refractivity contribution in [2.75, 3.05) is 12.8 Å². The van der Waals surface area contributed by atoms with Crippen molar-refractivity contribution in [3.63, 3.8) is 0 Å². The maximum absolute atomic E-state index is 10.8. The lowest BCUT2D eigenvalue weighted by Gasteiger charge is -2.03. The second-order valence-electron chi connectivity index (χ2n) is 4.11. The van der Waals surface area contributed by atoms with Crippen LogP contribution in [0, 0.1) is 0 Å². The monoisotopic (exact) mass is 261 g/mol. The van der Waals surface area contributed by atoms with E-state index >= 15 is 0 Å². The molecule has 0 aliphatic carbocycles. The summed E-state index contributed by atoms with van der Waals surface area (Å²) in [7, 11) is 1.62. The molecule has 0 aliphatic rings. The minimum atomic E-state index is -1.18. The number of carbonyl (C=O) groups is 1. The summed E-state index contributed by atoms with van der Waals surface area (Å²) in [5.41, 5.74) is 7.31. The van der Waals surface area contributed by atoms with Gasteiger partial charge in [0.25, 0.3) is 0 Å². The van der Waals surface area contributed by atoms with Crippen LogP contribution >= 0.6 is 0 Å². The van der Waals surface area contributed by atoms with Crippen molar-refractivity contribution in [3.8, 4) is 5.75 Å². The largest absolute Gasteiger partial charge is 0.497 e. The average Bonchev–Trinajstić information content (AvgIpc) is 2.78. The molecule has 0 saturated carbocycles. The molecule has 0 unspecified atom stereocenters. The van der Waals surface area contributed by atoms with Gasteiger partial charge < -0.3 is 15.6 Å².